The number of nitrogens with zero attached hydrogens (tertiary/aromatic N) is 3. The molecule has 6 aliphatic rings. The van der Waals surface area contributed by atoms with Gasteiger partial charge in [0.05, 0.1) is 36.3 Å². The predicted octanol–water partition coefficient (Wildman–Crippen LogP) is 13.2. The van der Waals surface area contributed by atoms with Crippen molar-refractivity contribution in [2.24, 2.45) is 47.3 Å². The first-order valence-corrected chi connectivity index (χ1v) is 50.4. The summed E-state index contributed by atoms with van der Waals surface area (Å²) in [6, 6.07) is 30.2. The number of hydrogen-bond donors (Lipinski definition) is 12. The van der Waals surface area contributed by atoms with E-state index < -0.39 is 125 Å². The van der Waals surface area contributed by atoms with Crippen molar-refractivity contribution in [1.82, 2.24) is 63.2 Å². The smallest absolute Gasteiger partial charge is 0.325 e. The molecule has 0 aliphatic carbocycles. The van der Waals surface area contributed by atoms with E-state index in [0.717, 1.165) is 39.1 Å². The van der Waals surface area contributed by atoms with E-state index in [1.807, 2.05) is 134 Å². The van der Waals surface area contributed by atoms with Crippen LogP contribution in [0.2, 0.25) is 0 Å². The summed E-state index contributed by atoms with van der Waals surface area (Å²) < 4.78 is 34.7. The predicted molar refractivity (Wildman–Crippen MR) is 561 cm³/mol. The largest absolute Gasteiger partial charge is 0.508 e. The molecule has 33 nitrogen and oxygen atoms in total. The molecule has 1 aromatic heterocycles. The normalized spacial score (nSPS) is 26.3. The number of allylic oxidation sites excluding steroid dienone is 2. The van der Waals surface area contributed by atoms with Gasteiger partial charge in [0.2, 0.25) is 35.4 Å². The second kappa shape index (κ2) is 60.4. The molecule has 9 amide bonds. The molecule has 34 heteroatoms. The van der Waals surface area contributed by atoms with Crippen molar-refractivity contribution < 1.29 is 101 Å². The number of benzene rings is 5. The zero-order valence-corrected chi connectivity index (χ0v) is 84.6. The van der Waals surface area contributed by atoms with Crippen molar-refractivity contribution >= 4 is 94.4 Å². The van der Waals surface area contributed by atoms with E-state index in [1.165, 1.54) is 50.6 Å². The Kier molecular flexibility index (Phi) is 50.8. The number of amides is 9. The Morgan fingerprint density at radius 2 is 0.883 bits per heavy atom. The van der Waals surface area contributed by atoms with Crippen molar-refractivity contribution in [3.8, 4) is 17.2 Å². The minimum absolute atomic E-state index is 0. The van der Waals surface area contributed by atoms with Gasteiger partial charge in [-0.05, 0) is 200 Å². The topological polar surface area (TPSA) is 439 Å². The number of fused-ring (bicyclic) bond motifs is 12. The molecule has 0 spiro atoms. The first-order valence-electron chi connectivity index (χ1n) is 49.5. The SMILES string of the molecule is C.C.C.C.CCO[C@@H]1CC/C=C/c2cccc(c2)COC(=O)[C@@H]2CCCN(N2)C(=O)[C@H](Cc2cccc(O)c2)NC(=O)[C@H](C(C)C)CC(=O)[C@@H]1C.CO[C@@H]1CC/C=C/c2csc(c2)COC(=O)[C@@H]2CCCN(N2)C(=O)[C@H](Cc2cccc(O)c2)NC(=O)[C@H](C(C)C)NC(=O)[C@@H]1C.CO[C@@H]1[C@@H](C)[C@@H](OC)CCc2cccc(c2)CNC(=O)[C@@H]2CCCN(N2)C(=O)[C@H](Cc2cccc(O)c2)NC(=O)[C@H](C(C)C)NC(=O)[C@@H]1C. The molecule has 798 valence electrons. The third-order valence-corrected chi connectivity index (χ3v) is 27.8. The summed E-state index contributed by atoms with van der Waals surface area (Å²) in [6.45, 7) is 22.4. The number of Topliss-reactive ketones (excluding diaryl/α,β-unsaturated/α-hetero) is 1. The molecule has 17 atom stereocenters. The summed E-state index contributed by atoms with van der Waals surface area (Å²) in [5.74, 6) is -7.64. The second-order valence-corrected chi connectivity index (χ2v) is 39.5. The molecule has 3 saturated heterocycles. The van der Waals surface area contributed by atoms with Gasteiger partial charge in [-0.15, -0.1) is 11.3 Å². The number of phenols is 3. The van der Waals surface area contributed by atoms with E-state index in [9.17, 15) is 72.9 Å². The van der Waals surface area contributed by atoms with Gasteiger partial charge in [-0.3, -0.25) is 72.6 Å². The van der Waals surface area contributed by atoms with Gasteiger partial charge in [0.15, 0.2) is 0 Å². The molecule has 3 fully saturated rings. The number of phenolic OH excluding ortho intramolecular Hbond substituents is 3. The van der Waals surface area contributed by atoms with Crippen LogP contribution in [0, 0.1) is 47.3 Å². The van der Waals surface area contributed by atoms with Gasteiger partial charge in [0, 0.05) is 102 Å². The van der Waals surface area contributed by atoms with Crippen molar-refractivity contribution in [3.05, 3.63) is 194 Å². The summed E-state index contributed by atoms with van der Waals surface area (Å²) >= 11 is 1.49. The third-order valence-electron chi connectivity index (χ3n) is 26.9. The van der Waals surface area contributed by atoms with E-state index >= 15 is 0 Å². The highest BCUT2D eigenvalue weighted by Gasteiger charge is 2.43. The van der Waals surface area contributed by atoms with Gasteiger partial charge < -0.3 is 75.6 Å². The van der Waals surface area contributed by atoms with Crippen molar-refractivity contribution in [2.45, 2.75) is 301 Å². The Bertz CT molecular complexity index is 5260. The second-order valence-electron chi connectivity index (χ2n) is 38.5. The number of ketones is 1. The third kappa shape index (κ3) is 36.4. The highest BCUT2D eigenvalue weighted by molar-refractivity contribution is 7.10. The Morgan fingerprint density at radius 1 is 0.434 bits per heavy atom. The summed E-state index contributed by atoms with van der Waals surface area (Å²) in [7, 11) is 4.80. The summed E-state index contributed by atoms with van der Waals surface area (Å²) in [6.07, 6.45) is 14.2. The maximum atomic E-state index is 14.1. The minimum atomic E-state index is -1.05. The van der Waals surface area contributed by atoms with Crippen LogP contribution in [0.1, 0.15) is 232 Å². The van der Waals surface area contributed by atoms with Crippen LogP contribution in [0.5, 0.6) is 17.2 Å². The van der Waals surface area contributed by atoms with E-state index in [0.29, 0.717) is 120 Å². The van der Waals surface area contributed by atoms with Gasteiger partial charge in [-0.1, -0.05) is 202 Å². The monoisotopic (exact) mass is 2030 g/mol. The average molecular weight is 2030 g/mol. The Balaban J connectivity index is 0.000000328. The highest BCUT2D eigenvalue weighted by Crippen LogP contribution is 2.31. The van der Waals surface area contributed by atoms with Crippen LogP contribution in [0.25, 0.3) is 12.2 Å². The molecular weight excluding hydrogens is 1870 g/mol. The van der Waals surface area contributed by atoms with E-state index in [4.69, 9.17) is 28.4 Å². The lowest BCUT2D eigenvalue weighted by atomic mass is 9.84. The number of aryl methyl sites for hydroxylation is 1. The fraction of sp³-hybridized carbons (Fsp3) is 0.550. The average Bonchev–Trinajstić information content (AvgIpc) is 1.62. The number of carbonyl (C=O) groups is 12. The molecule has 7 heterocycles. The van der Waals surface area contributed by atoms with E-state index in [1.54, 1.807) is 83.7 Å². The molecule has 12 bridgehead atoms. The number of thiophene rings is 1. The van der Waals surface area contributed by atoms with Gasteiger partial charge in [-0.2, -0.15) is 0 Å². The molecule has 6 aliphatic heterocycles. The number of cyclic esters (lactones) is 2. The lowest BCUT2D eigenvalue weighted by molar-refractivity contribution is -0.155. The van der Waals surface area contributed by atoms with Crippen LogP contribution in [0.15, 0.2) is 145 Å². The van der Waals surface area contributed by atoms with Crippen molar-refractivity contribution in [1.29, 1.82) is 0 Å². The standard InChI is InChI=1S/C37H53N5O7.C37H49N3O7.C33H44N4O7S.4CH4/c1-22(2)32-36(46)39-30(20-26-11-8-13-28(43)19-26)37(47)42-17-9-14-29(41-42)35(45)38-21-27-12-7-10-25(18-27)15-16-31(48-5)23(3)33(49-6)24(4)34(44)40-32;1-5-46-34-17-7-6-11-26-12-8-14-28(19-26)23-47-37(45)31-16-10-18-40(39-31)36(44)32(21-27-13-9-15-29(41)20-27)38-35(43)30(24(2)3)22-33(42)25(34)4;1-20(2)29-31(40)34-27(17-22-10-7-11-24(38)15-22)32(41)37-14-8-12-26(36-37)33(42)44-18-25-16-23(19-45-25)9-5-6-13-28(43-4)21(3)30(39)35-29;;;;/h7-8,10-13,18-19,22-24,29-33,41,43H,9,14-17,20-21H2,1-6H3,(H,38,45)(H,39,46)(H,40,44);6,8-9,11-15,19-20,24-25,30-32,34,39,41H,5,7,10,16-18,21-23H2,1-4H3,(H,38,43);5,7,9-11,15-16,19-21,26-29,36,38H,6,8,12-14,17-18H2,1-4H3,(H,34,40)(H,35,39);4*1H4/b;11-6+;9-5+;;;;/t23-,24+,29-,30-,31-,32-,33+;25-,30-,31-,32-,34+;21-,26+,27+,28-,29+;;;;/m001..../s1. The van der Waals surface area contributed by atoms with E-state index in [-0.39, 0.29) is 151 Å². The fourth-order valence-corrected chi connectivity index (χ4v) is 19.3. The fourth-order valence-electron chi connectivity index (χ4n) is 18.6. The Hall–Kier alpha value is -11.8. The molecule has 0 radical (unpaired) electrons. The molecule has 0 saturated carbocycles. The molecule has 5 aromatic carbocycles. The zero-order chi connectivity index (χ0) is 102. The molecule has 0 unspecified atom stereocenters. The maximum Gasteiger partial charge on any atom is 0.325 e. The number of esters is 2. The molecule has 12 N–H and O–H groups in total. The highest BCUT2D eigenvalue weighted by atomic mass is 32.1. The molecular formula is C111H162N12O21S. The maximum absolute atomic E-state index is 14.1. The van der Waals surface area contributed by atoms with Crippen LogP contribution in [0.4, 0.5) is 0 Å². The van der Waals surface area contributed by atoms with Crippen LogP contribution >= 0.6 is 11.3 Å². The lowest BCUT2D eigenvalue weighted by Gasteiger charge is -2.36. The Labute approximate surface area is 861 Å². The quantitative estimate of drug-likeness (QED) is 0.0451. The molecule has 12 rings (SSSR count). The first kappa shape index (κ1) is 122. The van der Waals surface area contributed by atoms with Crippen molar-refractivity contribution in [3.63, 3.8) is 0 Å². The van der Waals surface area contributed by atoms with Gasteiger partial charge in [0.25, 0.3) is 17.7 Å². The number of carbonyl (C=O) groups excluding carboxylic acids is 12. The zero-order valence-electron chi connectivity index (χ0n) is 83.8. The van der Waals surface area contributed by atoms with Crippen LogP contribution in [-0.2, 0) is 131 Å². The molecule has 145 heavy (non-hydrogen) atoms. The Morgan fingerprint density at radius 3 is 1.37 bits per heavy atom. The van der Waals surface area contributed by atoms with Gasteiger partial charge in [-0.25, -0.2) is 16.3 Å². The summed E-state index contributed by atoms with van der Waals surface area (Å²) in [5.41, 5.74) is 15.9. The summed E-state index contributed by atoms with van der Waals surface area (Å²) in [5, 5.41) is 53.9. The first-order chi connectivity index (χ1) is 67.5. The number of methoxy groups -OCH3 is 3. The van der Waals surface area contributed by atoms with Crippen LogP contribution in [-0.4, -0.2) is 222 Å². The minimum Gasteiger partial charge on any atom is -0.508 e. The van der Waals surface area contributed by atoms with Crippen LogP contribution in [0.3, 0.4) is 0 Å². The number of rotatable bonds is 14. The summed E-state index contributed by atoms with van der Waals surface area (Å²) in [4.78, 5) is 165. The van der Waals surface area contributed by atoms with E-state index in [2.05, 4.69) is 60.3 Å². The number of nitrogens with one attached hydrogen (secondary N) is 9. The molecule has 6 aromatic rings. The lowest BCUT2D eigenvalue weighted by Crippen LogP contribution is -2.63. The number of ether oxygens (including phenoxy) is 6. The van der Waals surface area contributed by atoms with Gasteiger partial charge >= 0.3 is 11.9 Å². The van der Waals surface area contributed by atoms with Crippen LogP contribution < -0.4 is 48.2 Å². The number of hydrogen-bond acceptors (Lipinski definition) is 25. The van der Waals surface area contributed by atoms with Gasteiger partial charge in [0.1, 0.15) is 84.6 Å². The van der Waals surface area contributed by atoms with Crippen molar-refractivity contribution in [2.75, 3.05) is 47.6 Å². The number of hydrazine groups is 3. The number of aromatic hydroxyl groups is 3.